The first-order valence-corrected chi connectivity index (χ1v) is 10.9. The molecule has 0 aromatic carbocycles. The van der Waals surface area contributed by atoms with E-state index >= 15 is 0 Å². The van der Waals surface area contributed by atoms with Gasteiger partial charge in [-0.15, -0.1) is 0 Å². The highest BCUT2D eigenvalue weighted by Gasteiger charge is 2.38. The predicted octanol–water partition coefficient (Wildman–Crippen LogP) is 0.204. The molecule has 3 heterocycles. The molecule has 4 rings (SSSR count). The quantitative estimate of drug-likeness (QED) is 0.804. The molecule has 1 unspecified atom stereocenters. The Kier molecular flexibility index (Phi) is 4.38. The van der Waals surface area contributed by atoms with Crippen LogP contribution in [0.2, 0.25) is 0 Å². The fourth-order valence-electron chi connectivity index (χ4n) is 3.80. The van der Waals surface area contributed by atoms with E-state index in [-0.39, 0.29) is 35.6 Å². The summed E-state index contributed by atoms with van der Waals surface area (Å²) in [5, 5.41) is 0. The van der Waals surface area contributed by atoms with Gasteiger partial charge in [0.25, 0.3) is 5.56 Å². The smallest absolute Gasteiger partial charge is 0.255 e. The molecule has 1 aromatic heterocycles. The van der Waals surface area contributed by atoms with E-state index in [2.05, 4.69) is 9.97 Å². The molecule has 9 heteroatoms. The van der Waals surface area contributed by atoms with Crippen LogP contribution < -0.4 is 5.56 Å². The third kappa shape index (κ3) is 3.18. The molecule has 1 aliphatic carbocycles. The summed E-state index contributed by atoms with van der Waals surface area (Å²) in [4.78, 5) is 34.1. The Morgan fingerprint density at radius 3 is 2.73 bits per heavy atom. The largest absolute Gasteiger partial charge is 0.342 e. The number of nitrogens with zero attached hydrogens (tertiary/aromatic N) is 3. The molecule has 1 N–H and O–H groups in total. The van der Waals surface area contributed by atoms with Gasteiger partial charge in [0.05, 0.1) is 17.0 Å². The van der Waals surface area contributed by atoms with Gasteiger partial charge in [0.15, 0.2) is 0 Å². The SMILES string of the molecule is CCS(=O)(=O)N1CCc2nc(C3CCN(C(=O)C4CC4)C3)[nH]c(=O)c2C1. The molecule has 1 amide bonds. The molecular formula is C17H24N4O4S. The van der Waals surface area contributed by atoms with Gasteiger partial charge in [-0.2, -0.15) is 4.31 Å². The zero-order valence-corrected chi connectivity index (χ0v) is 15.7. The summed E-state index contributed by atoms with van der Waals surface area (Å²) in [5.74, 6) is 1.14. The average molecular weight is 380 g/mol. The van der Waals surface area contributed by atoms with Crippen molar-refractivity contribution in [2.24, 2.45) is 5.92 Å². The summed E-state index contributed by atoms with van der Waals surface area (Å²) in [6.45, 7) is 3.36. The Balaban J connectivity index is 1.53. The van der Waals surface area contributed by atoms with Crippen molar-refractivity contribution in [3.63, 3.8) is 0 Å². The Bertz CT molecular complexity index is 891. The lowest BCUT2D eigenvalue weighted by Crippen LogP contribution is -2.40. The first kappa shape index (κ1) is 17.7. The van der Waals surface area contributed by atoms with Crippen molar-refractivity contribution in [3.05, 3.63) is 27.4 Å². The van der Waals surface area contributed by atoms with Crippen molar-refractivity contribution in [3.8, 4) is 0 Å². The fraction of sp³-hybridized carbons (Fsp3) is 0.706. The second-order valence-electron chi connectivity index (χ2n) is 7.40. The highest BCUT2D eigenvalue weighted by Crippen LogP contribution is 2.34. The van der Waals surface area contributed by atoms with E-state index in [1.54, 1.807) is 6.92 Å². The Hall–Kier alpha value is -1.74. The van der Waals surface area contributed by atoms with E-state index in [9.17, 15) is 18.0 Å². The van der Waals surface area contributed by atoms with Gasteiger partial charge in [-0.05, 0) is 26.2 Å². The van der Waals surface area contributed by atoms with Crippen LogP contribution in [0.15, 0.2) is 4.79 Å². The number of fused-ring (bicyclic) bond motifs is 1. The Labute approximate surface area is 152 Å². The van der Waals surface area contributed by atoms with Crippen molar-refractivity contribution in [2.75, 3.05) is 25.4 Å². The third-order valence-electron chi connectivity index (χ3n) is 5.62. The second kappa shape index (κ2) is 6.45. The summed E-state index contributed by atoms with van der Waals surface area (Å²) >= 11 is 0. The summed E-state index contributed by atoms with van der Waals surface area (Å²) in [7, 11) is -3.32. The summed E-state index contributed by atoms with van der Waals surface area (Å²) in [6.07, 6.45) is 3.23. The van der Waals surface area contributed by atoms with Crippen LogP contribution in [0.4, 0.5) is 0 Å². The number of amides is 1. The van der Waals surface area contributed by atoms with Crippen LogP contribution in [0, 0.1) is 5.92 Å². The number of aromatic nitrogens is 2. The molecule has 1 saturated heterocycles. The van der Waals surface area contributed by atoms with Crippen LogP contribution >= 0.6 is 0 Å². The molecule has 2 fully saturated rings. The molecule has 2 aliphatic heterocycles. The van der Waals surface area contributed by atoms with Crippen molar-refractivity contribution < 1.29 is 13.2 Å². The molecule has 1 saturated carbocycles. The van der Waals surface area contributed by atoms with Crippen LogP contribution in [0.25, 0.3) is 0 Å². The molecule has 0 bridgehead atoms. The minimum atomic E-state index is -3.32. The number of carbonyl (C=O) groups excluding carboxylic acids is 1. The standard InChI is InChI=1S/C17H24N4O4S/c1-2-26(24,25)21-8-6-14-13(10-21)16(22)19-15(18-14)12-5-7-20(9-12)17(23)11-3-4-11/h11-12H,2-10H2,1H3,(H,18,19,22). The Morgan fingerprint density at radius 1 is 1.27 bits per heavy atom. The maximum atomic E-state index is 12.5. The number of carbonyl (C=O) groups is 1. The second-order valence-corrected chi connectivity index (χ2v) is 9.66. The number of sulfonamides is 1. The van der Waals surface area contributed by atoms with Crippen molar-refractivity contribution in [1.82, 2.24) is 19.2 Å². The lowest BCUT2D eigenvalue weighted by Gasteiger charge is -2.27. The molecule has 3 aliphatic rings. The number of rotatable bonds is 4. The van der Waals surface area contributed by atoms with Gasteiger partial charge in [0, 0.05) is 44.4 Å². The lowest BCUT2D eigenvalue weighted by atomic mass is 10.1. The van der Waals surface area contributed by atoms with E-state index in [1.165, 1.54) is 4.31 Å². The van der Waals surface area contributed by atoms with Gasteiger partial charge >= 0.3 is 0 Å². The van der Waals surface area contributed by atoms with Gasteiger partial charge in [-0.3, -0.25) is 9.59 Å². The highest BCUT2D eigenvalue weighted by molar-refractivity contribution is 7.89. The zero-order chi connectivity index (χ0) is 18.5. The van der Waals surface area contributed by atoms with Gasteiger partial charge in [0.1, 0.15) is 5.82 Å². The predicted molar refractivity (Wildman–Crippen MR) is 95.1 cm³/mol. The molecule has 1 aromatic rings. The number of hydrogen-bond donors (Lipinski definition) is 1. The van der Waals surface area contributed by atoms with Crippen LogP contribution in [-0.4, -0.2) is 58.9 Å². The maximum absolute atomic E-state index is 12.5. The zero-order valence-electron chi connectivity index (χ0n) is 14.9. The molecule has 8 nitrogen and oxygen atoms in total. The lowest BCUT2D eigenvalue weighted by molar-refractivity contribution is -0.131. The Morgan fingerprint density at radius 2 is 2.04 bits per heavy atom. The first-order valence-electron chi connectivity index (χ1n) is 9.27. The molecular weight excluding hydrogens is 356 g/mol. The molecule has 0 radical (unpaired) electrons. The fourth-order valence-corrected chi connectivity index (χ4v) is 4.87. The molecule has 0 spiro atoms. The van der Waals surface area contributed by atoms with E-state index in [0.29, 0.717) is 43.1 Å². The minimum absolute atomic E-state index is 0.0265. The summed E-state index contributed by atoms with van der Waals surface area (Å²) < 4.78 is 25.5. The van der Waals surface area contributed by atoms with Gasteiger partial charge in [0.2, 0.25) is 15.9 Å². The van der Waals surface area contributed by atoms with Crippen LogP contribution in [-0.2, 0) is 27.8 Å². The normalized spacial score (nSPS) is 23.9. The number of nitrogens with one attached hydrogen (secondary N) is 1. The number of hydrogen-bond acceptors (Lipinski definition) is 5. The maximum Gasteiger partial charge on any atom is 0.255 e. The van der Waals surface area contributed by atoms with Crippen molar-refractivity contribution in [2.45, 2.75) is 45.1 Å². The topological polar surface area (TPSA) is 103 Å². The molecule has 142 valence electrons. The van der Waals surface area contributed by atoms with E-state index in [4.69, 9.17) is 0 Å². The van der Waals surface area contributed by atoms with E-state index in [1.807, 2.05) is 4.90 Å². The van der Waals surface area contributed by atoms with Crippen LogP contribution in [0.5, 0.6) is 0 Å². The minimum Gasteiger partial charge on any atom is -0.342 e. The van der Waals surface area contributed by atoms with Crippen molar-refractivity contribution in [1.29, 1.82) is 0 Å². The van der Waals surface area contributed by atoms with Gasteiger partial charge in [-0.1, -0.05) is 0 Å². The van der Waals surface area contributed by atoms with Gasteiger partial charge in [-0.25, -0.2) is 13.4 Å². The monoisotopic (exact) mass is 380 g/mol. The first-order chi connectivity index (χ1) is 12.4. The summed E-state index contributed by atoms with van der Waals surface area (Å²) in [5.41, 5.74) is 0.882. The van der Waals surface area contributed by atoms with E-state index in [0.717, 1.165) is 19.3 Å². The van der Waals surface area contributed by atoms with Crippen molar-refractivity contribution >= 4 is 15.9 Å². The third-order valence-corrected chi connectivity index (χ3v) is 7.45. The van der Waals surface area contributed by atoms with Crippen LogP contribution in [0.3, 0.4) is 0 Å². The highest BCUT2D eigenvalue weighted by atomic mass is 32.2. The molecule has 1 atom stereocenters. The molecule has 26 heavy (non-hydrogen) atoms. The summed E-state index contributed by atoms with van der Waals surface area (Å²) in [6, 6.07) is 0. The number of likely N-dealkylation sites (tertiary alicyclic amines) is 1. The average Bonchev–Trinajstić information content (AvgIpc) is 3.37. The number of aromatic amines is 1. The van der Waals surface area contributed by atoms with Gasteiger partial charge < -0.3 is 9.88 Å². The van der Waals surface area contributed by atoms with E-state index < -0.39 is 10.0 Å². The number of H-pyrrole nitrogens is 1. The van der Waals surface area contributed by atoms with Crippen LogP contribution in [0.1, 0.15) is 49.2 Å².